The van der Waals surface area contributed by atoms with E-state index in [9.17, 15) is 9.59 Å². The van der Waals surface area contributed by atoms with E-state index >= 15 is 0 Å². The number of halogens is 1. The minimum atomic E-state index is -0.151. The molecule has 0 aliphatic carbocycles. The molecule has 2 amide bonds. The van der Waals surface area contributed by atoms with E-state index in [1.165, 1.54) is 0 Å². The van der Waals surface area contributed by atoms with E-state index in [2.05, 4.69) is 20.6 Å². The summed E-state index contributed by atoms with van der Waals surface area (Å²) in [4.78, 5) is 34.2. The highest BCUT2D eigenvalue weighted by atomic mass is 35.5. The molecule has 1 aliphatic heterocycles. The fraction of sp³-hybridized carbons (Fsp3) is 0.348. The van der Waals surface area contributed by atoms with Crippen molar-refractivity contribution in [1.29, 1.82) is 0 Å². The van der Waals surface area contributed by atoms with Crippen LogP contribution in [0.5, 0.6) is 0 Å². The number of benzene rings is 2. The minimum absolute atomic E-state index is 0.0220. The van der Waals surface area contributed by atoms with Crippen molar-refractivity contribution < 1.29 is 9.59 Å². The van der Waals surface area contributed by atoms with Crippen molar-refractivity contribution in [2.45, 2.75) is 32.1 Å². The number of carbonyl (C=O) groups is 2. The molecule has 3 aromatic rings. The number of amides is 2. The number of aromatic amines is 1. The molecule has 3 N–H and O–H groups in total. The van der Waals surface area contributed by atoms with Crippen LogP contribution in [0.4, 0.5) is 11.6 Å². The molecule has 2 aromatic carbocycles. The van der Waals surface area contributed by atoms with Gasteiger partial charge in [-0.05, 0) is 61.6 Å². The lowest BCUT2D eigenvalue weighted by Crippen LogP contribution is -2.41. The van der Waals surface area contributed by atoms with Gasteiger partial charge in [-0.25, -0.2) is 4.98 Å². The Bertz CT molecular complexity index is 1050. The van der Waals surface area contributed by atoms with Crippen LogP contribution < -0.4 is 15.5 Å². The van der Waals surface area contributed by atoms with Crippen LogP contribution in [0.3, 0.4) is 0 Å². The van der Waals surface area contributed by atoms with Crippen molar-refractivity contribution in [3.63, 3.8) is 0 Å². The van der Waals surface area contributed by atoms with Crippen molar-refractivity contribution >= 4 is 46.1 Å². The number of para-hydroxylation sites is 2. The molecule has 2 heterocycles. The zero-order chi connectivity index (χ0) is 21.6. The highest BCUT2D eigenvalue weighted by molar-refractivity contribution is 6.30. The molecule has 7 nitrogen and oxygen atoms in total. The molecule has 1 aromatic heterocycles. The van der Waals surface area contributed by atoms with E-state index in [4.69, 9.17) is 11.6 Å². The van der Waals surface area contributed by atoms with Gasteiger partial charge in [0.15, 0.2) is 0 Å². The number of fused-ring (bicyclic) bond motifs is 2. The topological polar surface area (TPSA) is 90.1 Å². The maximum absolute atomic E-state index is 12.5. The van der Waals surface area contributed by atoms with E-state index in [0.717, 1.165) is 60.5 Å². The summed E-state index contributed by atoms with van der Waals surface area (Å²) >= 11 is 6.10. The summed E-state index contributed by atoms with van der Waals surface area (Å²) < 4.78 is 0. The fourth-order valence-electron chi connectivity index (χ4n) is 3.81. The van der Waals surface area contributed by atoms with Crippen LogP contribution in [-0.4, -0.2) is 41.4 Å². The Morgan fingerprint density at radius 1 is 1.13 bits per heavy atom. The predicted molar refractivity (Wildman–Crippen MR) is 124 cm³/mol. The van der Waals surface area contributed by atoms with Gasteiger partial charge in [0.2, 0.25) is 17.8 Å². The number of nitrogens with one attached hydrogen (secondary N) is 3. The smallest absolute Gasteiger partial charge is 0.240 e. The van der Waals surface area contributed by atoms with Gasteiger partial charge >= 0.3 is 0 Å². The monoisotopic (exact) mass is 439 g/mol. The first kappa shape index (κ1) is 21.2. The lowest BCUT2D eigenvalue weighted by Gasteiger charge is -2.22. The van der Waals surface area contributed by atoms with E-state index < -0.39 is 0 Å². The number of carbonyl (C=O) groups excluding carboxylic acids is 2. The molecule has 31 heavy (non-hydrogen) atoms. The van der Waals surface area contributed by atoms with Crippen molar-refractivity contribution in [3.8, 4) is 0 Å². The molecule has 0 fully saturated rings. The Kier molecular flexibility index (Phi) is 6.72. The number of rotatable bonds is 8. The summed E-state index contributed by atoms with van der Waals surface area (Å²) in [6, 6.07) is 13.4. The molecule has 8 heteroatoms. The minimum Gasteiger partial charge on any atom is -0.356 e. The van der Waals surface area contributed by atoms with Gasteiger partial charge in [0.25, 0.3) is 0 Å². The van der Waals surface area contributed by atoms with Gasteiger partial charge in [-0.15, -0.1) is 0 Å². The number of hydrogen-bond acceptors (Lipinski definition) is 4. The third-order valence-corrected chi connectivity index (χ3v) is 5.61. The number of H-pyrrole nitrogens is 1. The van der Waals surface area contributed by atoms with E-state index in [1.54, 1.807) is 11.0 Å². The van der Waals surface area contributed by atoms with Crippen LogP contribution in [0.1, 0.15) is 31.2 Å². The molecule has 0 spiro atoms. The first-order chi connectivity index (χ1) is 15.1. The zero-order valence-corrected chi connectivity index (χ0v) is 18.0. The maximum Gasteiger partial charge on any atom is 0.240 e. The molecular weight excluding hydrogens is 414 g/mol. The average Bonchev–Trinajstić information content (AvgIpc) is 3.11. The second-order valence-corrected chi connectivity index (χ2v) is 8.13. The first-order valence-corrected chi connectivity index (χ1v) is 11.0. The summed E-state index contributed by atoms with van der Waals surface area (Å²) in [5, 5.41) is 6.84. The summed E-state index contributed by atoms with van der Waals surface area (Å²) in [6.45, 7) is 1.36. The molecule has 0 atom stereocenters. The third-order valence-electron chi connectivity index (χ3n) is 5.38. The third kappa shape index (κ3) is 5.35. The number of anilines is 2. The maximum atomic E-state index is 12.5. The largest absolute Gasteiger partial charge is 0.356 e. The molecular formula is C23H26ClN5O2. The van der Waals surface area contributed by atoms with E-state index in [0.29, 0.717) is 18.0 Å². The molecule has 162 valence electrons. The second kappa shape index (κ2) is 9.83. The Hall–Kier alpha value is -3.06. The quantitative estimate of drug-likeness (QED) is 0.464. The van der Waals surface area contributed by atoms with Crippen LogP contribution in [-0.2, 0) is 16.0 Å². The van der Waals surface area contributed by atoms with Gasteiger partial charge < -0.3 is 20.5 Å². The van der Waals surface area contributed by atoms with E-state index in [1.807, 2.05) is 36.4 Å². The summed E-state index contributed by atoms with van der Waals surface area (Å²) in [7, 11) is 0. The number of nitrogens with zero attached hydrogens (tertiary/aromatic N) is 2. The van der Waals surface area contributed by atoms with Gasteiger partial charge in [0.05, 0.1) is 11.0 Å². The van der Waals surface area contributed by atoms with Crippen molar-refractivity contribution in [2.75, 3.05) is 29.9 Å². The van der Waals surface area contributed by atoms with Crippen LogP contribution in [0.25, 0.3) is 11.0 Å². The first-order valence-electron chi connectivity index (χ1n) is 10.6. The Labute approximate surface area is 186 Å². The molecule has 1 aliphatic rings. The van der Waals surface area contributed by atoms with E-state index in [-0.39, 0.29) is 18.4 Å². The number of aryl methyl sites for hydroxylation is 1. The van der Waals surface area contributed by atoms with Gasteiger partial charge in [-0.1, -0.05) is 23.7 Å². The Balaban J connectivity index is 1.21. The molecule has 4 rings (SSSR count). The Morgan fingerprint density at radius 2 is 1.97 bits per heavy atom. The number of imidazole rings is 1. The van der Waals surface area contributed by atoms with Gasteiger partial charge in [0, 0.05) is 30.2 Å². The van der Waals surface area contributed by atoms with Crippen LogP contribution >= 0.6 is 11.6 Å². The zero-order valence-electron chi connectivity index (χ0n) is 17.3. The van der Waals surface area contributed by atoms with Crippen molar-refractivity contribution in [2.24, 2.45) is 0 Å². The van der Waals surface area contributed by atoms with Gasteiger partial charge in [-0.2, -0.15) is 0 Å². The van der Waals surface area contributed by atoms with Crippen LogP contribution in [0.15, 0.2) is 42.5 Å². The lowest BCUT2D eigenvalue weighted by molar-refractivity contribution is -0.123. The average molecular weight is 440 g/mol. The SMILES string of the molecule is O=C(CN1C(=O)CCCc2cc(Cl)ccc21)NCCCCNc1nc2ccccc2[nH]1. The van der Waals surface area contributed by atoms with Gasteiger partial charge in [-0.3, -0.25) is 9.59 Å². The molecule has 0 radical (unpaired) electrons. The number of hydrogen-bond donors (Lipinski definition) is 3. The second-order valence-electron chi connectivity index (χ2n) is 7.69. The van der Waals surface area contributed by atoms with Gasteiger partial charge in [0.1, 0.15) is 6.54 Å². The lowest BCUT2D eigenvalue weighted by atomic mass is 10.1. The molecule has 0 saturated heterocycles. The van der Waals surface area contributed by atoms with Crippen molar-refractivity contribution in [3.05, 3.63) is 53.1 Å². The highest BCUT2D eigenvalue weighted by Gasteiger charge is 2.24. The molecule has 0 bridgehead atoms. The molecule has 0 saturated carbocycles. The summed E-state index contributed by atoms with van der Waals surface area (Å²) in [5.41, 5.74) is 3.74. The standard InChI is InChI=1S/C23H26ClN5O2/c24-17-10-11-20-16(14-17)6-5-9-22(31)29(20)15-21(30)25-12-3-4-13-26-23-27-18-7-1-2-8-19(18)28-23/h1-2,7-8,10-11,14H,3-6,9,12-13,15H2,(H,25,30)(H2,26,27,28). The summed E-state index contributed by atoms with van der Waals surface area (Å²) in [6.07, 6.45) is 3.72. The molecule has 0 unspecified atom stereocenters. The fourth-order valence-corrected chi connectivity index (χ4v) is 4.01. The normalized spacial score (nSPS) is 13.7. The Morgan fingerprint density at radius 3 is 2.84 bits per heavy atom. The van der Waals surface area contributed by atoms with Crippen LogP contribution in [0, 0.1) is 0 Å². The highest BCUT2D eigenvalue weighted by Crippen LogP contribution is 2.29. The van der Waals surface area contributed by atoms with Crippen LogP contribution in [0.2, 0.25) is 5.02 Å². The number of unbranched alkanes of at least 4 members (excludes halogenated alkanes) is 1. The van der Waals surface area contributed by atoms with Crippen molar-refractivity contribution in [1.82, 2.24) is 15.3 Å². The summed E-state index contributed by atoms with van der Waals surface area (Å²) in [5.74, 6) is 0.580. The predicted octanol–water partition coefficient (Wildman–Crippen LogP) is 3.89. The number of aromatic nitrogens is 2.